The zero-order valence-corrected chi connectivity index (χ0v) is 13.4. The van der Waals surface area contributed by atoms with Gasteiger partial charge in [0.2, 0.25) is 0 Å². The Bertz CT molecular complexity index is 586. The molecule has 0 heterocycles. The maximum Gasteiger partial charge on any atom is 0.124 e. The molecule has 3 N–H and O–H groups in total. The number of nitrogens with two attached hydrogens (primary N) is 1. The highest BCUT2D eigenvalue weighted by Gasteiger charge is 2.12. The Morgan fingerprint density at radius 1 is 1.29 bits per heavy atom. The molecule has 1 atom stereocenters. The summed E-state index contributed by atoms with van der Waals surface area (Å²) in [6, 6.07) is 12.5. The predicted octanol–water partition coefficient (Wildman–Crippen LogP) is 3.73. The minimum absolute atomic E-state index is 0.112. The Morgan fingerprint density at radius 2 is 2.10 bits per heavy atom. The minimum Gasteiger partial charge on any atom is -0.494 e. The lowest BCUT2D eigenvalue weighted by molar-refractivity contribution is 0.339. The minimum atomic E-state index is -0.266. The zero-order chi connectivity index (χ0) is 15.2. The first-order valence-corrected chi connectivity index (χ1v) is 7.55. The summed E-state index contributed by atoms with van der Waals surface area (Å²) < 4.78 is 19.7. The van der Waals surface area contributed by atoms with Gasteiger partial charge in [-0.05, 0) is 54.8 Å². The molecule has 5 heteroatoms. The number of nitrogens with one attached hydrogen (secondary N) is 1. The Hall–Kier alpha value is -1.43. The average Bonchev–Trinajstić information content (AvgIpc) is 2.44. The quantitative estimate of drug-likeness (QED) is 0.615. The van der Waals surface area contributed by atoms with Crippen molar-refractivity contribution in [3.63, 3.8) is 0 Å². The fourth-order valence-electron chi connectivity index (χ4n) is 2.23. The van der Waals surface area contributed by atoms with Crippen molar-refractivity contribution < 1.29 is 9.13 Å². The van der Waals surface area contributed by atoms with Crippen LogP contribution in [-0.4, -0.2) is 6.61 Å². The van der Waals surface area contributed by atoms with Crippen molar-refractivity contribution in [2.45, 2.75) is 19.4 Å². The highest BCUT2D eigenvalue weighted by atomic mass is 79.9. The van der Waals surface area contributed by atoms with Gasteiger partial charge in [-0.1, -0.05) is 28.1 Å². The second-order valence-corrected chi connectivity index (χ2v) is 5.62. The first-order valence-electron chi connectivity index (χ1n) is 6.76. The third kappa shape index (κ3) is 4.52. The largest absolute Gasteiger partial charge is 0.494 e. The number of rotatable bonds is 6. The van der Waals surface area contributed by atoms with Gasteiger partial charge in [-0.25, -0.2) is 4.39 Å². The van der Waals surface area contributed by atoms with Gasteiger partial charge in [0, 0.05) is 4.47 Å². The second kappa shape index (κ2) is 7.54. The van der Waals surface area contributed by atoms with Crippen LogP contribution in [0, 0.1) is 5.82 Å². The summed E-state index contributed by atoms with van der Waals surface area (Å²) in [7, 11) is 0. The van der Waals surface area contributed by atoms with Gasteiger partial charge >= 0.3 is 0 Å². The summed E-state index contributed by atoms with van der Waals surface area (Å²) in [5, 5.41) is 0. The lowest BCUT2D eigenvalue weighted by Gasteiger charge is -2.17. The van der Waals surface area contributed by atoms with Gasteiger partial charge in [-0.15, -0.1) is 0 Å². The summed E-state index contributed by atoms with van der Waals surface area (Å²) in [6.07, 6.45) is 0.586. The average molecular weight is 353 g/mol. The van der Waals surface area contributed by atoms with Crippen molar-refractivity contribution in [2.75, 3.05) is 6.61 Å². The molecule has 0 fully saturated rings. The van der Waals surface area contributed by atoms with Crippen LogP contribution in [0.15, 0.2) is 46.9 Å². The molecule has 0 saturated heterocycles. The molecule has 112 valence electrons. The van der Waals surface area contributed by atoms with E-state index in [1.807, 2.05) is 37.3 Å². The van der Waals surface area contributed by atoms with Crippen LogP contribution in [0.3, 0.4) is 0 Å². The van der Waals surface area contributed by atoms with E-state index in [2.05, 4.69) is 21.4 Å². The normalized spacial score (nSPS) is 12.2. The van der Waals surface area contributed by atoms with Gasteiger partial charge in [0.05, 0.1) is 12.6 Å². The molecule has 0 saturated carbocycles. The van der Waals surface area contributed by atoms with Crippen LogP contribution in [0.1, 0.15) is 24.1 Å². The molecule has 3 nitrogen and oxygen atoms in total. The fourth-order valence-corrected chi connectivity index (χ4v) is 2.74. The van der Waals surface area contributed by atoms with E-state index in [4.69, 9.17) is 10.6 Å². The van der Waals surface area contributed by atoms with Crippen LogP contribution in [0.25, 0.3) is 0 Å². The van der Waals surface area contributed by atoms with Gasteiger partial charge in [0.15, 0.2) is 0 Å². The molecule has 2 aromatic carbocycles. The first kappa shape index (κ1) is 15.9. The highest BCUT2D eigenvalue weighted by Crippen LogP contribution is 2.24. The van der Waals surface area contributed by atoms with Gasteiger partial charge in [0.25, 0.3) is 0 Å². The lowest BCUT2D eigenvalue weighted by Crippen LogP contribution is -2.29. The number of hydrogen-bond donors (Lipinski definition) is 2. The molecular formula is C16H18BrFN2O. The van der Waals surface area contributed by atoms with Gasteiger partial charge in [-0.3, -0.25) is 11.3 Å². The third-order valence-electron chi connectivity index (χ3n) is 3.13. The highest BCUT2D eigenvalue weighted by molar-refractivity contribution is 9.10. The number of halogens is 2. The maximum atomic E-state index is 13.4. The Labute approximate surface area is 132 Å². The molecule has 2 aromatic rings. The van der Waals surface area contributed by atoms with E-state index < -0.39 is 0 Å². The van der Waals surface area contributed by atoms with Crippen LogP contribution >= 0.6 is 15.9 Å². The van der Waals surface area contributed by atoms with Crippen molar-refractivity contribution >= 4 is 15.9 Å². The molecule has 0 aromatic heterocycles. The molecule has 0 spiro atoms. The molecule has 0 aliphatic heterocycles. The molecule has 21 heavy (non-hydrogen) atoms. The predicted molar refractivity (Wildman–Crippen MR) is 85.5 cm³/mol. The first-order chi connectivity index (χ1) is 10.1. The van der Waals surface area contributed by atoms with E-state index in [0.29, 0.717) is 13.0 Å². The molecule has 2 rings (SSSR count). The van der Waals surface area contributed by atoms with E-state index in [1.54, 1.807) is 0 Å². The van der Waals surface area contributed by atoms with Crippen molar-refractivity contribution in [1.82, 2.24) is 5.43 Å². The smallest absolute Gasteiger partial charge is 0.124 e. The van der Waals surface area contributed by atoms with E-state index >= 15 is 0 Å². The summed E-state index contributed by atoms with van der Waals surface area (Å²) >= 11 is 3.30. The van der Waals surface area contributed by atoms with Crippen LogP contribution in [0.5, 0.6) is 5.75 Å². The van der Waals surface area contributed by atoms with E-state index in [9.17, 15) is 4.39 Å². The standard InChI is InChI=1S/C16H18BrFN2O/c1-2-21-15-5-3-4-12(9-15)16(20-19)8-11-6-13(17)10-14(18)7-11/h3-7,9-10,16,20H,2,8,19H2,1H3. The molecular weight excluding hydrogens is 335 g/mol. The van der Waals surface area contributed by atoms with Crippen LogP contribution in [0.2, 0.25) is 0 Å². The zero-order valence-electron chi connectivity index (χ0n) is 11.8. The molecule has 0 radical (unpaired) electrons. The summed E-state index contributed by atoms with van der Waals surface area (Å²) in [4.78, 5) is 0. The Balaban J connectivity index is 2.21. The Kier molecular flexibility index (Phi) is 5.73. The van der Waals surface area contributed by atoms with E-state index in [0.717, 1.165) is 21.3 Å². The monoisotopic (exact) mass is 352 g/mol. The lowest BCUT2D eigenvalue weighted by atomic mass is 9.99. The van der Waals surface area contributed by atoms with Crippen molar-refractivity contribution in [1.29, 1.82) is 0 Å². The summed E-state index contributed by atoms with van der Waals surface area (Å²) in [6.45, 7) is 2.55. The number of hydrazine groups is 1. The molecule has 0 aliphatic rings. The second-order valence-electron chi connectivity index (χ2n) is 4.71. The third-order valence-corrected chi connectivity index (χ3v) is 3.59. The molecule has 0 amide bonds. The molecule has 0 aliphatic carbocycles. The SMILES string of the molecule is CCOc1cccc(C(Cc2cc(F)cc(Br)c2)NN)c1. The molecule has 1 unspecified atom stereocenters. The fraction of sp³-hybridized carbons (Fsp3) is 0.250. The van der Waals surface area contributed by atoms with Gasteiger partial charge < -0.3 is 4.74 Å². The van der Waals surface area contributed by atoms with Crippen LogP contribution in [0.4, 0.5) is 4.39 Å². The topological polar surface area (TPSA) is 47.3 Å². The van der Waals surface area contributed by atoms with Crippen LogP contribution in [-0.2, 0) is 6.42 Å². The summed E-state index contributed by atoms with van der Waals surface area (Å²) in [5.41, 5.74) is 4.65. The Morgan fingerprint density at radius 3 is 2.76 bits per heavy atom. The summed E-state index contributed by atoms with van der Waals surface area (Å²) in [5.74, 6) is 6.19. The van der Waals surface area contributed by atoms with E-state index in [1.165, 1.54) is 12.1 Å². The van der Waals surface area contributed by atoms with Gasteiger partial charge in [-0.2, -0.15) is 0 Å². The number of hydrogen-bond acceptors (Lipinski definition) is 3. The van der Waals surface area contributed by atoms with Gasteiger partial charge in [0.1, 0.15) is 11.6 Å². The number of benzene rings is 2. The van der Waals surface area contributed by atoms with Crippen molar-refractivity contribution in [3.05, 3.63) is 63.9 Å². The maximum absolute atomic E-state index is 13.4. The number of ether oxygens (including phenoxy) is 1. The van der Waals surface area contributed by atoms with E-state index in [-0.39, 0.29) is 11.9 Å². The van der Waals surface area contributed by atoms with Crippen LogP contribution < -0.4 is 16.0 Å². The van der Waals surface area contributed by atoms with Crippen molar-refractivity contribution in [3.8, 4) is 5.75 Å². The molecule has 0 bridgehead atoms. The van der Waals surface area contributed by atoms with Crippen molar-refractivity contribution in [2.24, 2.45) is 5.84 Å².